The van der Waals surface area contributed by atoms with Gasteiger partial charge in [0.15, 0.2) is 5.13 Å². The van der Waals surface area contributed by atoms with Gasteiger partial charge in [-0.25, -0.2) is 9.78 Å². The highest BCUT2D eigenvalue weighted by Crippen LogP contribution is 2.29. The third kappa shape index (κ3) is 4.56. The van der Waals surface area contributed by atoms with Gasteiger partial charge in [-0.3, -0.25) is 9.69 Å². The van der Waals surface area contributed by atoms with Crippen LogP contribution in [0, 0.1) is 0 Å². The summed E-state index contributed by atoms with van der Waals surface area (Å²) in [5, 5.41) is 2.34. The van der Waals surface area contributed by atoms with Crippen LogP contribution in [0.4, 0.5) is 10.8 Å². The third-order valence-corrected chi connectivity index (χ3v) is 5.41. The van der Waals surface area contributed by atoms with Gasteiger partial charge >= 0.3 is 5.97 Å². The molecule has 5 nitrogen and oxygen atoms in total. The number of esters is 1. The number of nitrogens with zero attached hydrogens (tertiary/aromatic N) is 2. The predicted octanol–water partition coefficient (Wildman–Crippen LogP) is 4.91. The maximum absolute atomic E-state index is 12.3. The molecule has 0 fully saturated rings. The maximum atomic E-state index is 12.3. The smallest absolute Gasteiger partial charge is 0.339 e. The van der Waals surface area contributed by atoms with Crippen LogP contribution in [0.1, 0.15) is 23.0 Å². The number of ether oxygens (including phenoxy) is 1. The van der Waals surface area contributed by atoms with Crippen LogP contribution in [0.3, 0.4) is 0 Å². The van der Waals surface area contributed by atoms with Gasteiger partial charge < -0.3 is 4.74 Å². The van der Waals surface area contributed by atoms with Crippen LogP contribution in [0.15, 0.2) is 64.9 Å². The Kier molecular flexibility index (Phi) is 6.26. The van der Waals surface area contributed by atoms with E-state index in [2.05, 4.69) is 4.98 Å². The number of carbonyl (C=O) groups is 2. The molecule has 138 valence electrons. The van der Waals surface area contributed by atoms with Crippen molar-refractivity contribution in [2.45, 2.75) is 18.4 Å². The molecule has 7 heteroatoms. The number of amides is 1. The Hall–Kier alpha value is -2.64. The van der Waals surface area contributed by atoms with Crippen LogP contribution in [-0.4, -0.2) is 23.1 Å². The van der Waals surface area contributed by atoms with Gasteiger partial charge in [0, 0.05) is 17.2 Å². The molecular formula is C20H18N2O3S2. The molecule has 0 N–H and O–H groups in total. The zero-order valence-electron chi connectivity index (χ0n) is 14.9. The van der Waals surface area contributed by atoms with Gasteiger partial charge in [-0.15, -0.1) is 23.1 Å². The summed E-state index contributed by atoms with van der Waals surface area (Å²) < 4.78 is 5.40. The molecule has 0 saturated heterocycles. The van der Waals surface area contributed by atoms with E-state index in [1.807, 2.05) is 54.8 Å². The number of para-hydroxylation sites is 1. The SMILES string of the molecule is CSc1ccccc1C(=O)OCc1csc(N(C(C)=O)c2ccccc2)n1. The van der Waals surface area contributed by atoms with Gasteiger partial charge in [0.2, 0.25) is 5.91 Å². The fraction of sp³-hybridized carbons (Fsp3) is 0.150. The Morgan fingerprint density at radius 3 is 2.52 bits per heavy atom. The van der Waals surface area contributed by atoms with Crippen molar-refractivity contribution in [2.75, 3.05) is 11.2 Å². The minimum atomic E-state index is -0.388. The van der Waals surface area contributed by atoms with Crippen molar-refractivity contribution < 1.29 is 14.3 Å². The van der Waals surface area contributed by atoms with Crippen molar-refractivity contribution in [1.82, 2.24) is 4.98 Å². The Labute approximate surface area is 166 Å². The quantitative estimate of drug-likeness (QED) is 0.436. The Balaban J connectivity index is 1.72. The normalized spacial score (nSPS) is 10.4. The highest BCUT2D eigenvalue weighted by molar-refractivity contribution is 7.98. The molecule has 1 heterocycles. The predicted molar refractivity (Wildman–Crippen MR) is 109 cm³/mol. The van der Waals surface area contributed by atoms with Gasteiger partial charge in [-0.2, -0.15) is 0 Å². The third-order valence-electron chi connectivity index (χ3n) is 3.74. The highest BCUT2D eigenvalue weighted by atomic mass is 32.2. The second kappa shape index (κ2) is 8.83. The van der Waals surface area contributed by atoms with Crippen LogP contribution in [0.25, 0.3) is 0 Å². The molecular weight excluding hydrogens is 380 g/mol. The van der Waals surface area contributed by atoms with E-state index in [9.17, 15) is 9.59 Å². The second-order valence-corrected chi connectivity index (χ2v) is 7.27. The molecule has 1 aromatic heterocycles. The van der Waals surface area contributed by atoms with Gasteiger partial charge in [-0.05, 0) is 30.5 Å². The van der Waals surface area contributed by atoms with E-state index in [1.165, 1.54) is 30.0 Å². The van der Waals surface area contributed by atoms with Crippen molar-refractivity contribution in [2.24, 2.45) is 0 Å². The summed E-state index contributed by atoms with van der Waals surface area (Å²) in [6, 6.07) is 16.6. The molecule has 27 heavy (non-hydrogen) atoms. The van der Waals surface area contributed by atoms with E-state index in [4.69, 9.17) is 4.74 Å². The fourth-order valence-electron chi connectivity index (χ4n) is 2.50. The van der Waals surface area contributed by atoms with Crippen molar-refractivity contribution >= 4 is 45.8 Å². The largest absolute Gasteiger partial charge is 0.456 e. The monoisotopic (exact) mass is 398 g/mol. The van der Waals surface area contributed by atoms with Gasteiger partial charge in [0.1, 0.15) is 6.61 Å². The summed E-state index contributed by atoms with van der Waals surface area (Å²) in [6.07, 6.45) is 1.92. The van der Waals surface area contributed by atoms with E-state index in [0.717, 1.165) is 10.6 Å². The summed E-state index contributed by atoms with van der Waals surface area (Å²) in [6.45, 7) is 1.55. The van der Waals surface area contributed by atoms with E-state index in [1.54, 1.807) is 16.3 Å². The Morgan fingerprint density at radius 2 is 1.81 bits per heavy atom. The average molecular weight is 399 g/mol. The van der Waals surface area contributed by atoms with Crippen LogP contribution >= 0.6 is 23.1 Å². The van der Waals surface area contributed by atoms with E-state index in [-0.39, 0.29) is 18.5 Å². The second-order valence-electron chi connectivity index (χ2n) is 5.59. The number of thioether (sulfide) groups is 1. The van der Waals surface area contributed by atoms with Crippen molar-refractivity contribution in [3.8, 4) is 0 Å². The van der Waals surface area contributed by atoms with Gasteiger partial charge in [0.25, 0.3) is 0 Å². The molecule has 0 radical (unpaired) electrons. The van der Waals surface area contributed by atoms with Gasteiger partial charge in [0.05, 0.1) is 16.9 Å². The number of carbonyl (C=O) groups excluding carboxylic acids is 2. The average Bonchev–Trinajstić information content (AvgIpc) is 3.15. The lowest BCUT2D eigenvalue weighted by molar-refractivity contribution is -0.115. The minimum Gasteiger partial charge on any atom is -0.456 e. The molecule has 0 aliphatic carbocycles. The van der Waals surface area contributed by atoms with Crippen molar-refractivity contribution in [3.05, 3.63) is 71.2 Å². The zero-order valence-corrected chi connectivity index (χ0v) is 16.5. The number of aromatic nitrogens is 1. The summed E-state index contributed by atoms with van der Waals surface area (Å²) in [4.78, 5) is 31.3. The first kappa shape index (κ1) is 19.1. The molecule has 0 unspecified atom stereocenters. The molecule has 0 atom stereocenters. The molecule has 0 bridgehead atoms. The number of benzene rings is 2. The summed E-state index contributed by atoms with van der Waals surface area (Å²) in [5.41, 5.74) is 1.89. The lowest BCUT2D eigenvalue weighted by Crippen LogP contribution is -2.22. The molecule has 0 saturated carbocycles. The molecule has 3 rings (SSSR count). The van der Waals surface area contributed by atoms with Crippen LogP contribution in [0.5, 0.6) is 0 Å². The van der Waals surface area contributed by atoms with Gasteiger partial charge in [-0.1, -0.05) is 30.3 Å². The lowest BCUT2D eigenvalue weighted by Gasteiger charge is -2.17. The maximum Gasteiger partial charge on any atom is 0.339 e. The molecule has 3 aromatic rings. The number of rotatable bonds is 6. The van der Waals surface area contributed by atoms with Crippen LogP contribution in [0.2, 0.25) is 0 Å². The topological polar surface area (TPSA) is 59.5 Å². The van der Waals surface area contributed by atoms with Crippen molar-refractivity contribution in [1.29, 1.82) is 0 Å². The van der Waals surface area contributed by atoms with E-state index >= 15 is 0 Å². The number of anilines is 2. The molecule has 2 aromatic carbocycles. The molecule has 0 spiro atoms. The summed E-state index contributed by atoms with van der Waals surface area (Å²) >= 11 is 2.83. The standard InChI is InChI=1S/C20H18N2O3S2/c1-14(23)22(16-8-4-3-5-9-16)20-21-15(13-27-20)12-25-19(24)17-10-6-7-11-18(17)26-2/h3-11,13H,12H2,1-2H3. The van der Waals surface area contributed by atoms with Crippen LogP contribution in [-0.2, 0) is 16.1 Å². The molecule has 1 amide bonds. The van der Waals surface area contributed by atoms with E-state index in [0.29, 0.717) is 16.4 Å². The first-order valence-electron chi connectivity index (χ1n) is 8.20. The summed E-state index contributed by atoms with van der Waals surface area (Å²) in [7, 11) is 0. The fourth-order valence-corrected chi connectivity index (χ4v) is 3.96. The van der Waals surface area contributed by atoms with Crippen molar-refractivity contribution in [3.63, 3.8) is 0 Å². The Morgan fingerprint density at radius 1 is 1.11 bits per heavy atom. The molecule has 0 aliphatic heterocycles. The minimum absolute atomic E-state index is 0.0541. The number of hydrogen-bond acceptors (Lipinski definition) is 6. The number of hydrogen-bond donors (Lipinski definition) is 0. The zero-order chi connectivity index (χ0) is 19.2. The lowest BCUT2D eigenvalue weighted by atomic mass is 10.2. The number of thiazole rings is 1. The van der Waals surface area contributed by atoms with E-state index < -0.39 is 0 Å². The summed E-state index contributed by atoms with van der Waals surface area (Å²) in [5.74, 6) is -0.519. The first-order chi connectivity index (χ1) is 13.1. The van der Waals surface area contributed by atoms with Crippen LogP contribution < -0.4 is 4.90 Å². The Bertz CT molecular complexity index is 941. The highest BCUT2D eigenvalue weighted by Gasteiger charge is 2.18. The molecule has 0 aliphatic rings. The first-order valence-corrected chi connectivity index (χ1v) is 10.3.